The second kappa shape index (κ2) is 7.00. The van der Waals surface area contributed by atoms with Gasteiger partial charge in [0.25, 0.3) is 0 Å². The van der Waals surface area contributed by atoms with Crippen LogP contribution in [-0.2, 0) is 10.0 Å². The van der Waals surface area contributed by atoms with Gasteiger partial charge in [0.1, 0.15) is 6.07 Å². The zero-order valence-electron chi connectivity index (χ0n) is 11.7. The average molecular weight is 309 g/mol. The van der Waals surface area contributed by atoms with Crippen LogP contribution in [0.3, 0.4) is 0 Å². The third-order valence-electron chi connectivity index (χ3n) is 3.56. The topological polar surface area (TPSA) is 93.4 Å². The summed E-state index contributed by atoms with van der Waals surface area (Å²) in [5.41, 5.74) is 0.125. The van der Waals surface area contributed by atoms with Crippen molar-refractivity contribution in [1.82, 2.24) is 9.62 Å². The largest absolute Gasteiger partial charge is 0.395 e. The van der Waals surface area contributed by atoms with Gasteiger partial charge >= 0.3 is 0 Å². The molecule has 0 amide bonds. The molecule has 0 spiro atoms. The van der Waals surface area contributed by atoms with Crippen molar-refractivity contribution in [3.8, 4) is 6.07 Å². The fourth-order valence-corrected chi connectivity index (χ4v) is 4.12. The Kier molecular flexibility index (Phi) is 5.31. The lowest BCUT2D eigenvalue weighted by atomic mass is 10.2. The fourth-order valence-electron chi connectivity index (χ4n) is 2.50. The Bertz CT molecular complexity index is 619. The molecule has 6 nitrogen and oxygen atoms in total. The molecule has 1 unspecified atom stereocenters. The Morgan fingerprint density at radius 2 is 2.19 bits per heavy atom. The predicted molar refractivity (Wildman–Crippen MR) is 78.0 cm³/mol. The van der Waals surface area contributed by atoms with Gasteiger partial charge in [-0.2, -0.15) is 9.57 Å². The van der Waals surface area contributed by atoms with Crippen LogP contribution in [0.5, 0.6) is 0 Å². The number of nitriles is 1. The monoisotopic (exact) mass is 309 g/mol. The highest BCUT2D eigenvalue weighted by Crippen LogP contribution is 2.21. The molecule has 1 aromatic carbocycles. The van der Waals surface area contributed by atoms with Crippen LogP contribution >= 0.6 is 0 Å². The van der Waals surface area contributed by atoms with Gasteiger partial charge in [-0.05, 0) is 31.5 Å². The quantitative estimate of drug-likeness (QED) is 0.788. The number of benzene rings is 1. The Hall–Kier alpha value is -1.46. The molecule has 0 saturated carbocycles. The van der Waals surface area contributed by atoms with Gasteiger partial charge in [0.2, 0.25) is 10.0 Å². The maximum atomic E-state index is 12.7. The van der Waals surface area contributed by atoms with Crippen molar-refractivity contribution >= 4 is 10.0 Å². The molecule has 21 heavy (non-hydrogen) atoms. The number of aliphatic hydroxyl groups excluding tert-OH is 1. The van der Waals surface area contributed by atoms with E-state index in [-0.39, 0.29) is 29.7 Å². The van der Waals surface area contributed by atoms with Crippen LogP contribution in [0.2, 0.25) is 0 Å². The normalized spacial score (nSPS) is 18.8. The fraction of sp³-hybridized carbons (Fsp3) is 0.500. The van der Waals surface area contributed by atoms with Gasteiger partial charge in [0.05, 0.1) is 17.1 Å². The molecule has 1 saturated heterocycles. The first kappa shape index (κ1) is 15.9. The van der Waals surface area contributed by atoms with Crippen molar-refractivity contribution in [2.75, 3.05) is 26.2 Å². The summed E-state index contributed by atoms with van der Waals surface area (Å²) in [4.78, 5) is -0.000975. The van der Waals surface area contributed by atoms with Gasteiger partial charge in [-0.25, -0.2) is 8.42 Å². The van der Waals surface area contributed by atoms with Crippen LogP contribution < -0.4 is 5.32 Å². The first-order valence-corrected chi connectivity index (χ1v) is 8.37. The summed E-state index contributed by atoms with van der Waals surface area (Å²) in [6.45, 7) is 0.968. The van der Waals surface area contributed by atoms with Crippen LogP contribution in [0, 0.1) is 11.3 Å². The highest BCUT2D eigenvalue weighted by atomic mass is 32.2. The average Bonchev–Trinajstić information content (AvgIpc) is 3.00. The van der Waals surface area contributed by atoms with Gasteiger partial charge in [-0.15, -0.1) is 0 Å². The van der Waals surface area contributed by atoms with Crippen LogP contribution in [0.15, 0.2) is 29.2 Å². The first-order valence-electron chi connectivity index (χ1n) is 6.93. The number of sulfonamides is 1. The van der Waals surface area contributed by atoms with Gasteiger partial charge in [-0.1, -0.05) is 12.1 Å². The number of nitrogens with one attached hydrogen (secondary N) is 1. The summed E-state index contributed by atoms with van der Waals surface area (Å²) in [6.07, 6.45) is 1.93. The van der Waals surface area contributed by atoms with Crippen molar-refractivity contribution < 1.29 is 13.5 Å². The minimum atomic E-state index is -3.78. The van der Waals surface area contributed by atoms with E-state index in [2.05, 4.69) is 5.32 Å². The van der Waals surface area contributed by atoms with Gasteiger partial charge < -0.3 is 10.4 Å². The minimum Gasteiger partial charge on any atom is -0.395 e. The van der Waals surface area contributed by atoms with Crippen LogP contribution in [0.4, 0.5) is 0 Å². The molecule has 7 heteroatoms. The minimum absolute atomic E-state index is 0.000975. The van der Waals surface area contributed by atoms with E-state index in [0.717, 1.165) is 19.4 Å². The standard InChI is InChI=1S/C14H19N3O3S/c15-10-12-4-1-2-6-14(12)21(19,20)17(8-9-18)11-13-5-3-7-16-13/h1-2,4,6,13,16,18H,3,5,7-9,11H2. The van der Waals surface area contributed by atoms with Crippen molar-refractivity contribution in [2.45, 2.75) is 23.8 Å². The lowest BCUT2D eigenvalue weighted by Crippen LogP contribution is -2.42. The smallest absolute Gasteiger partial charge is 0.244 e. The second-order valence-electron chi connectivity index (χ2n) is 4.99. The van der Waals surface area contributed by atoms with E-state index in [0.29, 0.717) is 6.54 Å². The molecule has 0 aliphatic carbocycles. The van der Waals surface area contributed by atoms with Crippen LogP contribution in [0.25, 0.3) is 0 Å². The number of rotatable bonds is 6. The van der Waals surface area contributed by atoms with Gasteiger partial charge in [0.15, 0.2) is 0 Å². The van der Waals surface area contributed by atoms with Crippen molar-refractivity contribution in [1.29, 1.82) is 5.26 Å². The summed E-state index contributed by atoms with van der Waals surface area (Å²) in [7, 11) is -3.78. The molecule has 2 N–H and O–H groups in total. The predicted octanol–water partition coefficient (Wildman–Crippen LogP) is 0.293. The maximum absolute atomic E-state index is 12.7. The highest BCUT2D eigenvalue weighted by Gasteiger charge is 2.29. The molecule has 0 bridgehead atoms. The van der Waals surface area contributed by atoms with E-state index >= 15 is 0 Å². The molecule has 1 atom stereocenters. The summed E-state index contributed by atoms with van der Waals surface area (Å²) in [5, 5.41) is 21.5. The Morgan fingerprint density at radius 1 is 1.43 bits per heavy atom. The zero-order chi connectivity index (χ0) is 15.3. The number of nitrogens with zero attached hydrogens (tertiary/aromatic N) is 2. The van der Waals surface area contributed by atoms with Crippen LogP contribution in [0.1, 0.15) is 18.4 Å². The summed E-state index contributed by atoms with van der Waals surface area (Å²) < 4.78 is 26.7. The molecular weight excluding hydrogens is 290 g/mol. The van der Waals surface area contributed by atoms with Crippen molar-refractivity contribution in [2.24, 2.45) is 0 Å². The maximum Gasteiger partial charge on any atom is 0.244 e. The highest BCUT2D eigenvalue weighted by molar-refractivity contribution is 7.89. The Morgan fingerprint density at radius 3 is 2.81 bits per heavy atom. The van der Waals surface area contributed by atoms with Crippen molar-refractivity contribution in [3.05, 3.63) is 29.8 Å². The molecule has 1 aliphatic rings. The zero-order valence-corrected chi connectivity index (χ0v) is 12.5. The first-order chi connectivity index (χ1) is 10.1. The number of aliphatic hydroxyl groups is 1. The summed E-state index contributed by atoms with van der Waals surface area (Å²) in [6, 6.07) is 8.15. The molecule has 0 aromatic heterocycles. The molecule has 0 radical (unpaired) electrons. The van der Waals surface area contributed by atoms with Crippen molar-refractivity contribution in [3.63, 3.8) is 0 Å². The molecule has 2 rings (SSSR count). The van der Waals surface area contributed by atoms with E-state index in [4.69, 9.17) is 10.4 Å². The second-order valence-corrected chi connectivity index (χ2v) is 6.89. The van der Waals surface area contributed by atoms with E-state index in [1.807, 2.05) is 6.07 Å². The van der Waals surface area contributed by atoms with E-state index in [1.54, 1.807) is 12.1 Å². The van der Waals surface area contributed by atoms with E-state index < -0.39 is 10.0 Å². The van der Waals surface area contributed by atoms with Gasteiger partial charge in [0, 0.05) is 19.1 Å². The molecule has 1 aromatic rings. The Labute approximate surface area is 125 Å². The lowest BCUT2D eigenvalue weighted by molar-refractivity contribution is 0.246. The third kappa shape index (κ3) is 3.60. The molecule has 1 aliphatic heterocycles. The molecule has 1 heterocycles. The molecule has 1 fully saturated rings. The van der Waals surface area contributed by atoms with Gasteiger partial charge in [-0.3, -0.25) is 0 Å². The Balaban J connectivity index is 2.30. The van der Waals surface area contributed by atoms with E-state index in [1.165, 1.54) is 16.4 Å². The summed E-state index contributed by atoms with van der Waals surface area (Å²) in [5.74, 6) is 0. The SMILES string of the molecule is N#Cc1ccccc1S(=O)(=O)N(CCO)CC1CCCN1. The van der Waals surface area contributed by atoms with Crippen LogP contribution in [-0.4, -0.2) is 50.1 Å². The molecular formula is C14H19N3O3S. The van der Waals surface area contributed by atoms with E-state index in [9.17, 15) is 8.42 Å². The summed E-state index contributed by atoms with van der Waals surface area (Å²) >= 11 is 0. The lowest BCUT2D eigenvalue weighted by Gasteiger charge is -2.24. The third-order valence-corrected chi connectivity index (χ3v) is 5.48. The molecule has 114 valence electrons. The number of hydrogen-bond donors (Lipinski definition) is 2. The number of hydrogen-bond acceptors (Lipinski definition) is 5.